The predicted octanol–water partition coefficient (Wildman–Crippen LogP) is 7.32. The Bertz CT molecular complexity index is 1610. The van der Waals surface area contributed by atoms with Gasteiger partial charge in [0.05, 0.1) is 41.2 Å². The number of fused-ring (bicyclic) bond motifs is 1. The molecule has 3 aromatic heterocycles. The number of hydrogen-bond donors (Lipinski definition) is 2. The third kappa shape index (κ3) is 5.86. The summed E-state index contributed by atoms with van der Waals surface area (Å²) in [7, 11) is 0. The van der Waals surface area contributed by atoms with E-state index in [1.807, 2.05) is 28.4 Å². The van der Waals surface area contributed by atoms with Gasteiger partial charge in [-0.1, -0.05) is 45.2 Å². The molecule has 2 saturated carbocycles. The third-order valence-corrected chi connectivity index (χ3v) is 9.96. The second kappa shape index (κ2) is 12.2. The van der Waals surface area contributed by atoms with E-state index in [-0.39, 0.29) is 17.9 Å². The van der Waals surface area contributed by atoms with Crippen LogP contribution in [0.1, 0.15) is 106 Å². The Morgan fingerprint density at radius 1 is 0.977 bits per heavy atom. The number of aliphatic carboxylic acids is 1. The molecule has 228 valence electrons. The summed E-state index contributed by atoms with van der Waals surface area (Å²) in [5.41, 5.74) is 8.17. The van der Waals surface area contributed by atoms with E-state index in [1.54, 1.807) is 0 Å². The van der Waals surface area contributed by atoms with Gasteiger partial charge < -0.3 is 10.2 Å². The molecular formula is C35H45N5O3. The first kappa shape index (κ1) is 29.5. The van der Waals surface area contributed by atoms with Gasteiger partial charge in [-0.25, -0.2) is 4.68 Å². The topological polar surface area (TPSA) is 106 Å². The Kier molecular flexibility index (Phi) is 8.40. The van der Waals surface area contributed by atoms with Crippen molar-refractivity contribution in [1.82, 2.24) is 24.5 Å². The van der Waals surface area contributed by atoms with Gasteiger partial charge in [-0.05, 0) is 82.4 Å². The van der Waals surface area contributed by atoms with Crippen LogP contribution in [0.3, 0.4) is 0 Å². The maximum Gasteiger partial charge on any atom is 0.306 e. The molecule has 0 bridgehead atoms. The number of pyridine rings is 1. The molecule has 2 N–H and O–H groups in total. The average Bonchev–Trinajstić information content (AvgIpc) is 3.57. The highest BCUT2D eigenvalue weighted by molar-refractivity contribution is 5.94. The molecule has 4 aromatic rings. The van der Waals surface area contributed by atoms with Gasteiger partial charge in [0.25, 0.3) is 0 Å². The molecule has 2 aliphatic rings. The molecule has 8 heteroatoms. The van der Waals surface area contributed by atoms with Crippen LogP contribution in [0.2, 0.25) is 0 Å². The van der Waals surface area contributed by atoms with E-state index in [4.69, 9.17) is 15.2 Å². The number of aromatic nitrogens is 5. The van der Waals surface area contributed by atoms with Gasteiger partial charge in [-0.3, -0.25) is 14.5 Å². The normalized spacial score (nSPS) is 20.6. The van der Waals surface area contributed by atoms with E-state index < -0.39 is 5.97 Å². The number of hydrogen-bond acceptors (Lipinski definition) is 5. The Morgan fingerprint density at radius 2 is 1.72 bits per heavy atom. The lowest BCUT2D eigenvalue weighted by Crippen LogP contribution is -2.27. The Balaban J connectivity index is 1.32. The van der Waals surface area contributed by atoms with Crippen LogP contribution in [0.15, 0.2) is 36.5 Å². The van der Waals surface area contributed by atoms with Crippen LogP contribution in [0, 0.1) is 25.7 Å². The minimum atomic E-state index is -0.677. The van der Waals surface area contributed by atoms with Crippen LogP contribution >= 0.6 is 0 Å². The standard InChI is InChI=1S/C35H45N5O3/c1-21(2)33-23(4)40(31-18-17-29(36-22(31)3)24-13-15-26(16-14-24)35(42)43)38-34(33)27-11-8-12-30-28(27)19-39(37-30)20-32(41)25-9-6-5-7-10-25/h8,11-12,17-19,21,24-26,32,41H,5-7,9-10,13-16,20H2,1-4H3,(H,42,43). The highest BCUT2D eigenvalue weighted by Crippen LogP contribution is 2.38. The number of carboxylic acid groups (broad SMARTS) is 1. The monoisotopic (exact) mass is 583 g/mol. The molecule has 0 amide bonds. The van der Waals surface area contributed by atoms with Crippen molar-refractivity contribution in [3.63, 3.8) is 0 Å². The maximum atomic E-state index is 11.4. The van der Waals surface area contributed by atoms with Gasteiger partial charge >= 0.3 is 5.97 Å². The number of aryl methyl sites for hydroxylation is 1. The van der Waals surface area contributed by atoms with Crippen LogP contribution in [-0.4, -0.2) is 46.8 Å². The number of carboxylic acids is 1. The number of benzene rings is 1. The fraction of sp³-hybridized carbons (Fsp3) is 0.543. The van der Waals surface area contributed by atoms with Gasteiger partial charge in [0, 0.05) is 40.0 Å². The first-order valence-corrected chi connectivity index (χ1v) is 16.2. The predicted molar refractivity (Wildman–Crippen MR) is 169 cm³/mol. The van der Waals surface area contributed by atoms with E-state index >= 15 is 0 Å². The summed E-state index contributed by atoms with van der Waals surface area (Å²) in [6, 6.07) is 10.4. The number of nitrogens with zero attached hydrogens (tertiary/aromatic N) is 5. The summed E-state index contributed by atoms with van der Waals surface area (Å²) in [5.74, 6) is 0.0156. The first-order valence-electron chi connectivity index (χ1n) is 16.2. The van der Waals surface area contributed by atoms with E-state index in [9.17, 15) is 15.0 Å². The smallest absolute Gasteiger partial charge is 0.306 e. The zero-order valence-electron chi connectivity index (χ0n) is 26.0. The lowest BCUT2D eigenvalue weighted by Gasteiger charge is -2.26. The highest BCUT2D eigenvalue weighted by atomic mass is 16.4. The SMILES string of the molecule is Cc1nc(C2CCC(C(=O)O)CC2)ccc1-n1nc(-c2cccc3nn(CC(O)C4CCCCC4)cc23)c(C(C)C)c1C. The summed E-state index contributed by atoms with van der Waals surface area (Å²) in [4.78, 5) is 16.4. The minimum absolute atomic E-state index is 0.227. The molecular weight excluding hydrogens is 538 g/mol. The summed E-state index contributed by atoms with van der Waals surface area (Å²) in [6.07, 6.45) is 10.7. The molecule has 0 spiro atoms. The fourth-order valence-corrected chi connectivity index (χ4v) is 7.55. The molecule has 2 aliphatic carbocycles. The van der Waals surface area contributed by atoms with Gasteiger partial charge in [0.1, 0.15) is 0 Å². The second-order valence-corrected chi connectivity index (χ2v) is 13.2. The summed E-state index contributed by atoms with van der Waals surface area (Å²) in [6.45, 7) is 9.11. The van der Waals surface area contributed by atoms with Crippen molar-refractivity contribution in [2.75, 3.05) is 0 Å². The highest BCUT2D eigenvalue weighted by Gasteiger charge is 2.29. The van der Waals surface area contributed by atoms with Crippen molar-refractivity contribution >= 4 is 16.9 Å². The van der Waals surface area contributed by atoms with Crippen molar-refractivity contribution in [2.45, 2.75) is 110 Å². The number of rotatable bonds is 8. The molecule has 1 unspecified atom stereocenters. The Labute approximate surface area is 254 Å². The molecule has 3 heterocycles. The molecule has 8 nitrogen and oxygen atoms in total. The second-order valence-electron chi connectivity index (χ2n) is 13.2. The molecule has 2 fully saturated rings. The molecule has 0 aliphatic heterocycles. The Hall–Kier alpha value is -3.52. The zero-order valence-corrected chi connectivity index (χ0v) is 26.0. The van der Waals surface area contributed by atoms with Crippen molar-refractivity contribution in [3.8, 4) is 16.9 Å². The van der Waals surface area contributed by atoms with Gasteiger partial charge in [0.15, 0.2) is 0 Å². The molecule has 6 rings (SSSR count). The molecule has 1 atom stereocenters. The van der Waals surface area contributed by atoms with E-state index in [1.165, 1.54) is 24.8 Å². The van der Waals surface area contributed by atoms with Crippen LogP contribution in [0.5, 0.6) is 0 Å². The molecule has 0 saturated heterocycles. The lowest BCUT2D eigenvalue weighted by molar-refractivity contribution is -0.142. The largest absolute Gasteiger partial charge is 0.481 e. The van der Waals surface area contributed by atoms with Gasteiger partial charge in [0.2, 0.25) is 0 Å². The summed E-state index contributed by atoms with van der Waals surface area (Å²) >= 11 is 0. The Morgan fingerprint density at radius 3 is 2.40 bits per heavy atom. The molecule has 1 aromatic carbocycles. The maximum absolute atomic E-state index is 11.4. The van der Waals surface area contributed by atoms with Crippen molar-refractivity contribution in [2.24, 2.45) is 11.8 Å². The van der Waals surface area contributed by atoms with Crippen molar-refractivity contribution in [3.05, 3.63) is 59.2 Å². The number of aliphatic hydroxyl groups excluding tert-OH is 1. The average molecular weight is 584 g/mol. The quantitative estimate of drug-likeness (QED) is 0.225. The van der Waals surface area contributed by atoms with Gasteiger partial charge in [-0.2, -0.15) is 10.2 Å². The van der Waals surface area contributed by atoms with Crippen LogP contribution in [0.25, 0.3) is 27.8 Å². The van der Waals surface area contributed by atoms with E-state index in [0.29, 0.717) is 31.2 Å². The first-order chi connectivity index (χ1) is 20.7. The summed E-state index contributed by atoms with van der Waals surface area (Å²) < 4.78 is 3.96. The van der Waals surface area contributed by atoms with Crippen molar-refractivity contribution < 1.29 is 15.0 Å². The van der Waals surface area contributed by atoms with Crippen LogP contribution in [-0.2, 0) is 11.3 Å². The fourth-order valence-electron chi connectivity index (χ4n) is 7.55. The number of carbonyl (C=O) groups is 1. The van der Waals surface area contributed by atoms with Crippen LogP contribution in [0.4, 0.5) is 0 Å². The van der Waals surface area contributed by atoms with Crippen LogP contribution < -0.4 is 0 Å². The van der Waals surface area contributed by atoms with Gasteiger partial charge in [-0.15, -0.1) is 0 Å². The molecule has 0 radical (unpaired) electrons. The zero-order chi connectivity index (χ0) is 30.2. The van der Waals surface area contributed by atoms with E-state index in [0.717, 1.165) is 70.6 Å². The number of aliphatic hydroxyl groups is 1. The summed E-state index contributed by atoms with van der Waals surface area (Å²) in [5, 5.41) is 31.5. The third-order valence-electron chi connectivity index (χ3n) is 9.96. The lowest BCUT2D eigenvalue weighted by atomic mass is 9.80. The minimum Gasteiger partial charge on any atom is -0.481 e. The molecule has 43 heavy (non-hydrogen) atoms. The van der Waals surface area contributed by atoms with Crippen molar-refractivity contribution in [1.29, 1.82) is 0 Å². The van der Waals surface area contributed by atoms with E-state index in [2.05, 4.69) is 45.2 Å².